The van der Waals surface area contributed by atoms with E-state index in [2.05, 4.69) is 4.74 Å². The fourth-order valence-electron chi connectivity index (χ4n) is 1.45. The van der Waals surface area contributed by atoms with Crippen molar-refractivity contribution < 1.29 is 19.4 Å². The molecule has 86 valence electrons. The Bertz CT molecular complexity index is 398. The lowest BCUT2D eigenvalue weighted by Gasteiger charge is -2.11. The van der Waals surface area contributed by atoms with Crippen LogP contribution in [0.1, 0.15) is 12.5 Å². The van der Waals surface area contributed by atoms with Crippen molar-refractivity contribution >= 4 is 11.8 Å². The van der Waals surface area contributed by atoms with Crippen LogP contribution in [0.5, 0.6) is 5.75 Å². The minimum Gasteiger partial charge on any atom is -0.508 e. The van der Waals surface area contributed by atoms with E-state index in [1.165, 1.54) is 26.2 Å². The number of methoxy groups -OCH3 is 1. The number of hydrogen-bond acceptors (Lipinski definition) is 4. The van der Waals surface area contributed by atoms with Crippen molar-refractivity contribution in [3.05, 3.63) is 29.8 Å². The molecule has 0 amide bonds. The van der Waals surface area contributed by atoms with E-state index < -0.39 is 11.9 Å². The summed E-state index contributed by atoms with van der Waals surface area (Å²) >= 11 is 0. The first-order valence-electron chi connectivity index (χ1n) is 4.90. The number of phenolic OH excluding ortho intramolecular Hbond substituents is 1. The van der Waals surface area contributed by atoms with Gasteiger partial charge in [-0.05, 0) is 31.0 Å². The van der Waals surface area contributed by atoms with Gasteiger partial charge in [0.1, 0.15) is 17.5 Å². The van der Waals surface area contributed by atoms with Crippen LogP contribution in [0.2, 0.25) is 0 Å². The fraction of sp³-hybridized carbons (Fsp3) is 0.333. The third kappa shape index (κ3) is 3.08. The van der Waals surface area contributed by atoms with Gasteiger partial charge in [0.05, 0.1) is 7.11 Å². The second-order valence-electron chi connectivity index (χ2n) is 3.56. The Morgan fingerprint density at radius 3 is 2.62 bits per heavy atom. The molecule has 0 saturated carbocycles. The molecule has 1 unspecified atom stereocenters. The average molecular weight is 222 g/mol. The zero-order chi connectivity index (χ0) is 12.1. The molecule has 0 fully saturated rings. The summed E-state index contributed by atoms with van der Waals surface area (Å²) in [6.07, 6.45) is 0.246. The molecule has 4 nitrogen and oxygen atoms in total. The van der Waals surface area contributed by atoms with Crippen LogP contribution in [-0.2, 0) is 20.7 Å². The van der Waals surface area contributed by atoms with E-state index in [1.807, 2.05) is 0 Å². The Labute approximate surface area is 93.9 Å². The number of rotatable bonds is 4. The van der Waals surface area contributed by atoms with Crippen LogP contribution in [0.3, 0.4) is 0 Å². The highest BCUT2D eigenvalue weighted by Crippen LogP contribution is 2.16. The van der Waals surface area contributed by atoms with Crippen LogP contribution in [0.4, 0.5) is 0 Å². The van der Waals surface area contributed by atoms with Gasteiger partial charge in [0.15, 0.2) is 0 Å². The molecule has 0 spiro atoms. The predicted molar refractivity (Wildman–Crippen MR) is 58.0 cm³/mol. The highest BCUT2D eigenvalue weighted by Gasteiger charge is 2.24. The first-order valence-corrected chi connectivity index (χ1v) is 4.90. The summed E-state index contributed by atoms with van der Waals surface area (Å²) < 4.78 is 4.55. The number of benzene rings is 1. The van der Waals surface area contributed by atoms with Gasteiger partial charge in [-0.25, -0.2) is 0 Å². The molecule has 1 rings (SSSR count). The molecule has 0 aliphatic carbocycles. The minimum atomic E-state index is -0.799. The Morgan fingerprint density at radius 2 is 2.12 bits per heavy atom. The Morgan fingerprint density at radius 1 is 1.44 bits per heavy atom. The van der Waals surface area contributed by atoms with Gasteiger partial charge < -0.3 is 9.84 Å². The van der Waals surface area contributed by atoms with Crippen molar-refractivity contribution in [2.75, 3.05) is 7.11 Å². The van der Waals surface area contributed by atoms with E-state index in [0.717, 1.165) is 5.56 Å². The monoisotopic (exact) mass is 222 g/mol. The van der Waals surface area contributed by atoms with Crippen LogP contribution in [0.15, 0.2) is 24.3 Å². The van der Waals surface area contributed by atoms with Crippen LogP contribution in [-0.4, -0.2) is 24.0 Å². The molecule has 1 aromatic carbocycles. The van der Waals surface area contributed by atoms with Gasteiger partial charge in [0.25, 0.3) is 0 Å². The van der Waals surface area contributed by atoms with Crippen LogP contribution in [0, 0.1) is 5.92 Å². The van der Waals surface area contributed by atoms with Crippen molar-refractivity contribution in [3.8, 4) is 5.75 Å². The molecule has 1 aromatic rings. The normalized spacial score (nSPS) is 11.9. The van der Waals surface area contributed by atoms with E-state index in [1.54, 1.807) is 12.1 Å². The maximum absolute atomic E-state index is 11.3. The maximum atomic E-state index is 11.3. The van der Waals surface area contributed by atoms with E-state index in [9.17, 15) is 14.7 Å². The molecule has 0 aromatic heterocycles. The molecular weight excluding hydrogens is 208 g/mol. The SMILES string of the molecule is COC(=O)C(Cc1cccc(O)c1)C(C)=O. The molecule has 0 aliphatic heterocycles. The van der Waals surface area contributed by atoms with Crippen molar-refractivity contribution in [1.29, 1.82) is 0 Å². The molecule has 16 heavy (non-hydrogen) atoms. The lowest BCUT2D eigenvalue weighted by Crippen LogP contribution is -2.25. The summed E-state index contributed by atoms with van der Waals surface area (Å²) in [5.74, 6) is -1.47. The van der Waals surface area contributed by atoms with Gasteiger partial charge in [-0.2, -0.15) is 0 Å². The molecule has 4 heteroatoms. The lowest BCUT2D eigenvalue weighted by molar-refractivity contribution is -0.148. The Hall–Kier alpha value is -1.84. The first-order chi connectivity index (χ1) is 7.54. The lowest BCUT2D eigenvalue weighted by atomic mass is 9.96. The second kappa shape index (κ2) is 5.30. The van der Waals surface area contributed by atoms with Gasteiger partial charge in [0, 0.05) is 0 Å². The highest BCUT2D eigenvalue weighted by molar-refractivity contribution is 5.97. The summed E-state index contributed by atoms with van der Waals surface area (Å²) in [6.45, 7) is 1.35. The summed E-state index contributed by atoms with van der Waals surface area (Å²) in [5.41, 5.74) is 0.727. The largest absolute Gasteiger partial charge is 0.508 e. The topological polar surface area (TPSA) is 63.6 Å². The highest BCUT2D eigenvalue weighted by atomic mass is 16.5. The molecule has 1 N–H and O–H groups in total. The van der Waals surface area contributed by atoms with Crippen molar-refractivity contribution in [1.82, 2.24) is 0 Å². The summed E-state index contributed by atoms with van der Waals surface area (Å²) in [4.78, 5) is 22.6. The quantitative estimate of drug-likeness (QED) is 0.616. The number of ether oxygens (including phenoxy) is 1. The Balaban J connectivity index is 2.84. The summed E-state index contributed by atoms with van der Waals surface area (Å²) in [5, 5.41) is 9.26. The second-order valence-corrected chi connectivity index (χ2v) is 3.56. The minimum absolute atomic E-state index is 0.115. The molecule has 0 bridgehead atoms. The molecule has 0 saturated heterocycles. The molecule has 0 radical (unpaired) electrons. The fourth-order valence-corrected chi connectivity index (χ4v) is 1.45. The number of esters is 1. The Kier molecular flexibility index (Phi) is 4.05. The smallest absolute Gasteiger partial charge is 0.316 e. The summed E-state index contributed by atoms with van der Waals surface area (Å²) in [7, 11) is 1.25. The number of ketones is 1. The zero-order valence-electron chi connectivity index (χ0n) is 9.27. The number of hydrogen-bond donors (Lipinski definition) is 1. The molecule has 0 heterocycles. The first kappa shape index (κ1) is 12.2. The molecule has 0 aliphatic rings. The van der Waals surface area contributed by atoms with Crippen LogP contribution in [0.25, 0.3) is 0 Å². The van der Waals surface area contributed by atoms with Gasteiger partial charge in [-0.15, -0.1) is 0 Å². The van der Waals surface area contributed by atoms with Crippen molar-refractivity contribution in [2.45, 2.75) is 13.3 Å². The van der Waals surface area contributed by atoms with Crippen molar-refractivity contribution in [2.24, 2.45) is 5.92 Å². The van der Waals surface area contributed by atoms with E-state index in [4.69, 9.17) is 0 Å². The van der Waals surface area contributed by atoms with Gasteiger partial charge in [-0.3, -0.25) is 9.59 Å². The predicted octanol–water partition coefficient (Wildman–Crippen LogP) is 1.31. The third-order valence-corrected chi connectivity index (χ3v) is 2.33. The zero-order valence-corrected chi connectivity index (χ0v) is 9.27. The van der Waals surface area contributed by atoms with Gasteiger partial charge in [0.2, 0.25) is 0 Å². The van der Waals surface area contributed by atoms with Crippen molar-refractivity contribution in [3.63, 3.8) is 0 Å². The summed E-state index contributed by atoms with van der Waals surface area (Å²) in [6, 6.07) is 6.47. The van der Waals surface area contributed by atoms with E-state index in [0.29, 0.717) is 0 Å². The maximum Gasteiger partial charge on any atom is 0.316 e. The number of aromatic hydroxyl groups is 1. The number of Topliss-reactive ketones (excluding diaryl/α,β-unsaturated/α-hetero) is 1. The van der Waals surface area contributed by atoms with Crippen LogP contribution < -0.4 is 0 Å². The number of carbonyl (C=O) groups is 2. The van der Waals surface area contributed by atoms with Gasteiger partial charge >= 0.3 is 5.97 Å². The van der Waals surface area contributed by atoms with Gasteiger partial charge in [-0.1, -0.05) is 12.1 Å². The number of carbonyl (C=O) groups excluding carboxylic acids is 2. The average Bonchev–Trinajstić information content (AvgIpc) is 2.24. The molecule has 1 atom stereocenters. The van der Waals surface area contributed by atoms with Crippen LogP contribution >= 0.6 is 0 Å². The van der Waals surface area contributed by atoms with E-state index in [-0.39, 0.29) is 18.0 Å². The standard InChI is InChI=1S/C12H14O4/c1-8(13)11(12(15)16-2)7-9-4-3-5-10(14)6-9/h3-6,11,14H,7H2,1-2H3. The molecular formula is C12H14O4. The third-order valence-electron chi connectivity index (χ3n) is 2.33. The van der Waals surface area contributed by atoms with E-state index >= 15 is 0 Å². The number of phenols is 1.